The molecule has 2 saturated heterocycles. The molecule has 0 radical (unpaired) electrons. The van der Waals surface area contributed by atoms with Gasteiger partial charge in [-0.05, 0) is 41.8 Å². The molecular formula is C25H28F4N2O4. The molecular weight excluding hydrogens is 468 g/mol. The van der Waals surface area contributed by atoms with E-state index < -0.39 is 24.9 Å². The Hall–Kier alpha value is -2.85. The van der Waals surface area contributed by atoms with Crippen LogP contribution in [0.3, 0.4) is 0 Å². The number of likely N-dealkylation sites (tertiary alicyclic amines) is 2. The van der Waals surface area contributed by atoms with Gasteiger partial charge in [-0.1, -0.05) is 18.2 Å². The summed E-state index contributed by atoms with van der Waals surface area (Å²) in [6.07, 6.45) is -2.70. The van der Waals surface area contributed by atoms with Crippen molar-refractivity contribution in [2.45, 2.75) is 43.9 Å². The maximum atomic E-state index is 13.0. The zero-order valence-electron chi connectivity index (χ0n) is 19.6. The summed E-state index contributed by atoms with van der Waals surface area (Å²) < 4.78 is 65.6. The fourth-order valence-corrected chi connectivity index (χ4v) is 4.73. The smallest absolute Gasteiger partial charge is 0.341 e. The molecule has 0 saturated carbocycles. The summed E-state index contributed by atoms with van der Waals surface area (Å²) in [6.45, 7) is 1.93. The van der Waals surface area contributed by atoms with E-state index in [4.69, 9.17) is 14.2 Å². The fraction of sp³-hybridized carbons (Fsp3) is 0.480. The standard InChI is InChI=1S/C25H28F4N2O4/c1-33-22-9-17(5-8-21(22)23(32)34-2)12-31-14-18-10-19(31)13-30(18)11-16-3-6-20(7-4-16)35-15-25(28,29)24(26)27/h3-9,18-19,24H,10-15H2,1-2H3/t18-,19-/m0/s1. The molecule has 190 valence electrons. The monoisotopic (exact) mass is 496 g/mol. The molecule has 2 bridgehead atoms. The lowest BCUT2D eigenvalue weighted by molar-refractivity contribution is -0.148. The van der Waals surface area contributed by atoms with E-state index in [-0.39, 0.29) is 5.75 Å². The zero-order chi connectivity index (χ0) is 25.2. The molecule has 0 spiro atoms. The van der Waals surface area contributed by atoms with Crippen LogP contribution in [0.4, 0.5) is 17.6 Å². The molecule has 2 aromatic carbocycles. The first-order chi connectivity index (χ1) is 16.7. The second-order valence-corrected chi connectivity index (χ2v) is 8.92. The van der Waals surface area contributed by atoms with Crippen molar-refractivity contribution in [3.63, 3.8) is 0 Å². The SMILES string of the molecule is COC(=O)c1ccc(CN2C[C@@H]3C[C@H]2CN3Cc2ccc(OCC(F)(F)C(F)F)cc2)cc1OC. The number of benzene rings is 2. The number of rotatable bonds is 10. The van der Waals surface area contributed by atoms with Gasteiger partial charge in [0, 0.05) is 38.3 Å². The summed E-state index contributed by atoms with van der Waals surface area (Å²) in [5, 5.41) is 0. The van der Waals surface area contributed by atoms with Gasteiger partial charge in [-0.15, -0.1) is 0 Å². The Morgan fingerprint density at radius 1 is 1.00 bits per heavy atom. The topological polar surface area (TPSA) is 51.2 Å². The molecule has 0 unspecified atom stereocenters. The third-order valence-corrected chi connectivity index (χ3v) is 6.58. The highest BCUT2D eigenvalue weighted by Gasteiger charge is 2.43. The highest BCUT2D eigenvalue weighted by atomic mass is 19.3. The Labute approximate surface area is 201 Å². The van der Waals surface area contributed by atoms with E-state index in [1.54, 1.807) is 18.2 Å². The number of halogens is 4. The van der Waals surface area contributed by atoms with Crippen molar-refractivity contribution in [2.24, 2.45) is 0 Å². The summed E-state index contributed by atoms with van der Waals surface area (Å²) in [5.41, 5.74) is 2.45. The zero-order valence-corrected chi connectivity index (χ0v) is 19.6. The van der Waals surface area contributed by atoms with Crippen LogP contribution in [0, 0.1) is 0 Å². The molecule has 0 N–H and O–H groups in total. The average molecular weight is 497 g/mol. The largest absolute Gasteiger partial charge is 0.496 e. The summed E-state index contributed by atoms with van der Waals surface area (Å²) in [6, 6.07) is 12.9. The van der Waals surface area contributed by atoms with Crippen LogP contribution >= 0.6 is 0 Å². The van der Waals surface area contributed by atoms with Gasteiger partial charge in [0.2, 0.25) is 0 Å². The number of fused-ring (bicyclic) bond motifs is 2. The summed E-state index contributed by atoms with van der Waals surface area (Å²) in [5.74, 6) is -3.98. The van der Waals surface area contributed by atoms with E-state index in [0.29, 0.717) is 29.9 Å². The van der Waals surface area contributed by atoms with Crippen LogP contribution in [0.15, 0.2) is 42.5 Å². The van der Waals surface area contributed by atoms with Crippen LogP contribution < -0.4 is 9.47 Å². The lowest BCUT2D eigenvalue weighted by Gasteiger charge is -2.34. The maximum absolute atomic E-state index is 13.0. The molecule has 0 aromatic heterocycles. The minimum Gasteiger partial charge on any atom is -0.496 e. The van der Waals surface area contributed by atoms with Crippen molar-refractivity contribution in [3.05, 3.63) is 59.2 Å². The van der Waals surface area contributed by atoms with Gasteiger partial charge in [-0.3, -0.25) is 9.80 Å². The normalized spacial score (nSPS) is 20.4. The number of methoxy groups -OCH3 is 2. The molecule has 0 aliphatic carbocycles. The second kappa shape index (κ2) is 10.4. The van der Waals surface area contributed by atoms with Crippen molar-refractivity contribution >= 4 is 5.97 Å². The minimum absolute atomic E-state index is 0.136. The van der Waals surface area contributed by atoms with Crippen molar-refractivity contribution in [3.8, 4) is 11.5 Å². The fourth-order valence-electron chi connectivity index (χ4n) is 4.73. The average Bonchev–Trinajstić information content (AvgIpc) is 3.43. The van der Waals surface area contributed by atoms with Gasteiger partial charge in [0.1, 0.15) is 17.1 Å². The third kappa shape index (κ3) is 5.70. The first-order valence-corrected chi connectivity index (χ1v) is 11.3. The number of hydrogen-bond acceptors (Lipinski definition) is 6. The quantitative estimate of drug-likeness (QED) is 0.363. The first-order valence-electron chi connectivity index (χ1n) is 11.3. The van der Waals surface area contributed by atoms with Crippen molar-refractivity contribution < 1.29 is 36.6 Å². The Kier molecular flexibility index (Phi) is 7.51. The summed E-state index contributed by atoms with van der Waals surface area (Å²) in [7, 11) is 2.86. The highest BCUT2D eigenvalue weighted by Crippen LogP contribution is 2.34. The van der Waals surface area contributed by atoms with E-state index in [1.807, 2.05) is 12.1 Å². The minimum atomic E-state index is -4.17. The second-order valence-electron chi connectivity index (χ2n) is 8.92. The number of alkyl halides is 4. The van der Waals surface area contributed by atoms with Gasteiger partial charge < -0.3 is 14.2 Å². The van der Waals surface area contributed by atoms with Crippen LogP contribution in [0.25, 0.3) is 0 Å². The number of hydrogen-bond donors (Lipinski definition) is 0. The molecule has 2 atom stereocenters. The molecule has 2 fully saturated rings. The van der Waals surface area contributed by atoms with Gasteiger partial charge in [0.15, 0.2) is 6.61 Å². The first kappa shape index (κ1) is 25.2. The number of carbonyl (C=O) groups excluding carboxylic acids is 1. The summed E-state index contributed by atoms with van der Waals surface area (Å²) in [4.78, 5) is 16.7. The number of carbonyl (C=O) groups is 1. The van der Waals surface area contributed by atoms with Gasteiger partial charge in [0.25, 0.3) is 0 Å². The molecule has 6 nitrogen and oxygen atoms in total. The molecule has 0 amide bonds. The van der Waals surface area contributed by atoms with Crippen LogP contribution in [0.1, 0.15) is 27.9 Å². The third-order valence-electron chi connectivity index (χ3n) is 6.58. The Bertz CT molecular complexity index is 1030. The van der Waals surface area contributed by atoms with Crippen LogP contribution in [-0.4, -0.2) is 74.1 Å². The Morgan fingerprint density at radius 3 is 2.14 bits per heavy atom. The Balaban J connectivity index is 1.29. The van der Waals surface area contributed by atoms with Crippen molar-refractivity contribution in [1.29, 1.82) is 0 Å². The molecule has 2 aliphatic heterocycles. The lowest BCUT2D eigenvalue weighted by atomic mass is 10.1. The van der Waals surface area contributed by atoms with Crippen LogP contribution in [0.5, 0.6) is 11.5 Å². The van der Waals surface area contributed by atoms with Gasteiger partial charge in [0.05, 0.1) is 14.2 Å². The van der Waals surface area contributed by atoms with Gasteiger partial charge >= 0.3 is 18.3 Å². The molecule has 35 heavy (non-hydrogen) atoms. The summed E-state index contributed by atoms with van der Waals surface area (Å²) >= 11 is 0. The maximum Gasteiger partial charge on any atom is 0.341 e. The van der Waals surface area contributed by atoms with Crippen molar-refractivity contribution in [2.75, 3.05) is 33.9 Å². The molecule has 2 aliphatic rings. The number of esters is 1. The number of nitrogens with zero attached hydrogens (tertiary/aromatic N) is 2. The predicted molar refractivity (Wildman–Crippen MR) is 120 cm³/mol. The highest BCUT2D eigenvalue weighted by molar-refractivity contribution is 5.92. The molecule has 4 rings (SSSR count). The Morgan fingerprint density at radius 2 is 1.60 bits per heavy atom. The number of piperazine rings is 1. The predicted octanol–water partition coefficient (Wildman–Crippen LogP) is 4.22. The van der Waals surface area contributed by atoms with E-state index in [2.05, 4.69) is 9.80 Å². The van der Waals surface area contributed by atoms with Gasteiger partial charge in [-0.2, -0.15) is 8.78 Å². The molecule has 2 aromatic rings. The number of ether oxygens (including phenoxy) is 3. The lowest BCUT2D eigenvalue weighted by Crippen LogP contribution is -2.45. The van der Waals surface area contributed by atoms with Crippen molar-refractivity contribution in [1.82, 2.24) is 9.80 Å². The van der Waals surface area contributed by atoms with E-state index in [9.17, 15) is 22.4 Å². The van der Waals surface area contributed by atoms with Gasteiger partial charge in [-0.25, -0.2) is 13.6 Å². The van der Waals surface area contributed by atoms with E-state index >= 15 is 0 Å². The van der Waals surface area contributed by atoms with E-state index in [0.717, 1.165) is 37.2 Å². The molecule has 2 heterocycles. The van der Waals surface area contributed by atoms with E-state index in [1.165, 1.54) is 26.4 Å². The van der Waals surface area contributed by atoms with Crippen LogP contribution in [0.2, 0.25) is 0 Å². The molecule has 10 heteroatoms. The van der Waals surface area contributed by atoms with Crippen LogP contribution in [-0.2, 0) is 17.8 Å².